The van der Waals surface area contributed by atoms with E-state index in [-0.39, 0.29) is 11.9 Å². The minimum absolute atomic E-state index is 0.189. The highest BCUT2D eigenvalue weighted by molar-refractivity contribution is 5.69. The maximum absolute atomic E-state index is 11.5. The summed E-state index contributed by atoms with van der Waals surface area (Å²) in [4.78, 5) is 49.7. The summed E-state index contributed by atoms with van der Waals surface area (Å²) in [5.41, 5.74) is 0. The lowest BCUT2D eigenvalue weighted by Gasteiger charge is -2.06. The molecule has 0 radical (unpaired) electrons. The first-order valence-corrected chi connectivity index (χ1v) is 10.1. The van der Waals surface area contributed by atoms with Gasteiger partial charge in [0, 0.05) is 12.8 Å². The lowest BCUT2D eigenvalue weighted by molar-refractivity contribution is -0.145. The third-order valence-corrected chi connectivity index (χ3v) is 4.00. The monoisotopic (exact) mass is 396 g/mol. The van der Waals surface area contributed by atoms with Gasteiger partial charge in [-0.1, -0.05) is 12.8 Å². The summed E-state index contributed by atoms with van der Waals surface area (Å²) in [6.07, 6.45) is 11.9. The Kier molecular flexibility index (Phi) is 19.3. The van der Waals surface area contributed by atoms with Crippen molar-refractivity contribution >= 4 is 24.1 Å². The number of esters is 2. The number of unbranched alkanes of at least 4 members (excludes halogenated alkanes) is 7. The Balaban J connectivity index is 3.31. The molecule has 0 N–H and O–H groups in total. The number of hydrogen-bond acceptors (Lipinski definition) is 8. The number of aliphatic imine (C=N–C) groups is 2. The van der Waals surface area contributed by atoms with Crippen molar-refractivity contribution in [3.8, 4) is 0 Å². The van der Waals surface area contributed by atoms with Gasteiger partial charge in [0.25, 0.3) is 0 Å². The van der Waals surface area contributed by atoms with Crippen LogP contribution in [0.2, 0.25) is 0 Å². The van der Waals surface area contributed by atoms with Crippen LogP contribution in [0.4, 0.5) is 0 Å². The number of carbonyl (C=O) groups is 2. The first-order chi connectivity index (χ1) is 13.7. The van der Waals surface area contributed by atoms with Crippen molar-refractivity contribution in [2.45, 2.75) is 77.0 Å². The van der Waals surface area contributed by atoms with Crippen LogP contribution in [-0.4, -0.2) is 50.4 Å². The van der Waals surface area contributed by atoms with Gasteiger partial charge in [0.1, 0.15) is 0 Å². The van der Waals surface area contributed by atoms with E-state index in [0.29, 0.717) is 39.1 Å². The first kappa shape index (κ1) is 25.7. The smallest absolute Gasteiger partial charge is 0.305 e. The van der Waals surface area contributed by atoms with Crippen molar-refractivity contribution in [3.05, 3.63) is 0 Å². The van der Waals surface area contributed by atoms with E-state index in [0.717, 1.165) is 64.2 Å². The molecule has 0 aliphatic rings. The molecule has 0 unspecified atom stereocenters. The van der Waals surface area contributed by atoms with Crippen molar-refractivity contribution in [2.75, 3.05) is 26.3 Å². The van der Waals surface area contributed by atoms with Gasteiger partial charge in [0.15, 0.2) is 0 Å². The molecule has 0 amide bonds. The SMILES string of the molecule is O=C=NCCCCCC(=O)OCCCCCCOC(=O)CCCCCN=C=O. The Hall–Kier alpha value is -2.30. The fourth-order valence-electron chi connectivity index (χ4n) is 2.44. The zero-order valence-corrected chi connectivity index (χ0v) is 16.7. The van der Waals surface area contributed by atoms with Gasteiger partial charge >= 0.3 is 11.9 Å². The van der Waals surface area contributed by atoms with Gasteiger partial charge in [-0.2, -0.15) is 0 Å². The van der Waals surface area contributed by atoms with Crippen LogP contribution >= 0.6 is 0 Å². The highest BCUT2D eigenvalue weighted by Crippen LogP contribution is 2.06. The quantitative estimate of drug-likeness (QED) is 0.143. The molecular formula is C20H32N2O6. The third-order valence-electron chi connectivity index (χ3n) is 4.00. The molecule has 158 valence electrons. The van der Waals surface area contributed by atoms with Crippen LogP contribution in [0.15, 0.2) is 9.98 Å². The van der Waals surface area contributed by atoms with Crippen LogP contribution in [0, 0.1) is 0 Å². The third kappa shape index (κ3) is 20.0. The molecule has 8 heteroatoms. The highest BCUT2D eigenvalue weighted by Gasteiger charge is 2.04. The molecule has 0 rings (SSSR count). The molecule has 0 aromatic carbocycles. The van der Waals surface area contributed by atoms with Crippen LogP contribution < -0.4 is 0 Å². The summed E-state index contributed by atoms with van der Waals surface area (Å²) in [6.45, 7) is 1.77. The van der Waals surface area contributed by atoms with Crippen molar-refractivity contribution in [1.29, 1.82) is 0 Å². The van der Waals surface area contributed by atoms with Crippen molar-refractivity contribution in [1.82, 2.24) is 0 Å². The molecule has 0 bridgehead atoms. The highest BCUT2D eigenvalue weighted by atomic mass is 16.5. The molecule has 28 heavy (non-hydrogen) atoms. The molecule has 0 atom stereocenters. The van der Waals surface area contributed by atoms with E-state index in [1.807, 2.05) is 0 Å². The molecule has 0 saturated heterocycles. The second kappa shape index (κ2) is 21.0. The normalized spacial score (nSPS) is 9.86. The second-order valence-corrected chi connectivity index (χ2v) is 6.42. The standard InChI is InChI=1S/C20H32N2O6/c23-17-21-13-7-3-5-11-19(25)27-15-9-1-2-10-16-28-20(26)12-6-4-8-14-22-18-24/h1-16H2. The molecule has 0 aliphatic heterocycles. The molecule has 0 heterocycles. The fourth-order valence-corrected chi connectivity index (χ4v) is 2.44. The number of nitrogens with zero attached hydrogens (tertiary/aromatic N) is 2. The summed E-state index contributed by atoms with van der Waals surface area (Å²) in [5.74, 6) is -0.378. The zero-order chi connectivity index (χ0) is 20.7. The van der Waals surface area contributed by atoms with Crippen LogP contribution in [0.1, 0.15) is 77.0 Å². The molecule has 8 nitrogen and oxygen atoms in total. The van der Waals surface area contributed by atoms with E-state index in [2.05, 4.69) is 9.98 Å². The summed E-state index contributed by atoms with van der Waals surface area (Å²) in [7, 11) is 0. The van der Waals surface area contributed by atoms with Gasteiger partial charge in [-0.25, -0.2) is 19.6 Å². The van der Waals surface area contributed by atoms with Gasteiger partial charge < -0.3 is 9.47 Å². The average Bonchev–Trinajstić information content (AvgIpc) is 2.69. The second-order valence-electron chi connectivity index (χ2n) is 6.42. The van der Waals surface area contributed by atoms with Gasteiger partial charge in [0.05, 0.1) is 26.3 Å². The summed E-state index contributed by atoms with van der Waals surface area (Å²) in [5, 5.41) is 0. The lowest BCUT2D eigenvalue weighted by Crippen LogP contribution is -2.07. The number of ether oxygens (including phenoxy) is 2. The van der Waals surface area contributed by atoms with Crippen LogP contribution in [0.25, 0.3) is 0 Å². The van der Waals surface area contributed by atoms with Gasteiger partial charge in [-0.05, 0) is 51.4 Å². The lowest BCUT2D eigenvalue weighted by atomic mass is 10.2. The van der Waals surface area contributed by atoms with E-state index in [1.54, 1.807) is 0 Å². The molecule has 0 aromatic heterocycles. The van der Waals surface area contributed by atoms with Gasteiger partial charge in [0.2, 0.25) is 12.2 Å². The summed E-state index contributed by atoms with van der Waals surface area (Å²) in [6, 6.07) is 0. The molecule has 0 aliphatic carbocycles. The Morgan fingerprint density at radius 3 is 1.36 bits per heavy atom. The maximum atomic E-state index is 11.5. The Bertz CT molecular complexity index is 465. The first-order valence-electron chi connectivity index (χ1n) is 10.1. The number of isocyanates is 2. The molecule has 0 spiro atoms. The molecular weight excluding hydrogens is 364 g/mol. The Morgan fingerprint density at radius 2 is 0.964 bits per heavy atom. The predicted molar refractivity (Wildman–Crippen MR) is 103 cm³/mol. The van der Waals surface area contributed by atoms with E-state index in [4.69, 9.17) is 9.47 Å². The van der Waals surface area contributed by atoms with E-state index in [9.17, 15) is 19.2 Å². The Morgan fingerprint density at radius 1 is 0.571 bits per heavy atom. The summed E-state index contributed by atoms with van der Waals surface area (Å²) < 4.78 is 10.3. The van der Waals surface area contributed by atoms with Gasteiger partial charge in [-0.15, -0.1) is 0 Å². The van der Waals surface area contributed by atoms with E-state index >= 15 is 0 Å². The van der Waals surface area contributed by atoms with E-state index < -0.39 is 0 Å². The van der Waals surface area contributed by atoms with Crippen LogP contribution in [-0.2, 0) is 28.7 Å². The minimum atomic E-state index is -0.189. The molecule has 0 fully saturated rings. The Labute approximate surface area is 166 Å². The number of carbonyl (C=O) groups excluding carboxylic acids is 4. The molecule has 0 aromatic rings. The van der Waals surface area contributed by atoms with Crippen molar-refractivity contribution < 1.29 is 28.7 Å². The molecule has 0 saturated carbocycles. The van der Waals surface area contributed by atoms with Crippen LogP contribution in [0.3, 0.4) is 0 Å². The van der Waals surface area contributed by atoms with Crippen molar-refractivity contribution in [3.63, 3.8) is 0 Å². The largest absolute Gasteiger partial charge is 0.466 e. The maximum Gasteiger partial charge on any atom is 0.305 e. The predicted octanol–water partition coefficient (Wildman–Crippen LogP) is 3.43. The van der Waals surface area contributed by atoms with Crippen molar-refractivity contribution in [2.24, 2.45) is 9.98 Å². The topological polar surface area (TPSA) is 111 Å². The van der Waals surface area contributed by atoms with Gasteiger partial charge in [-0.3, -0.25) is 9.59 Å². The fraction of sp³-hybridized carbons (Fsp3) is 0.800. The number of hydrogen-bond donors (Lipinski definition) is 0. The van der Waals surface area contributed by atoms with Crippen LogP contribution in [0.5, 0.6) is 0 Å². The zero-order valence-electron chi connectivity index (χ0n) is 16.7. The number of rotatable bonds is 19. The summed E-state index contributed by atoms with van der Waals surface area (Å²) >= 11 is 0. The van der Waals surface area contributed by atoms with E-state index in [1.165, 1.54) is 12.2 Å². The minimum Gasteiger partial charge on any atom is -0.466 e. The average molecular weight is 396 g/mol.